The zero-order chi connectivity index (χ0) is 10.1. The summed E-state index contributed by atoms with van der Waals surface area (Å²) in [4.78, 5) is 2.68. The van der Waals surface area contributed by atoms with Gasteiger partial charge in [0.05, 0.1) is 0 Å². The van der Waals surface area contributed by atoms with E-state index in [1.807, 2.05) is 0 Å². The van der Waals surface area contributed by atoms with E-state index in [9.17, 15) is 0 Å². The van der Waals surface area contributed by atoms with Crippen LogP contribution in [0.4, 0.5) is 0 Å². The standard InChI is InChI=1S/C12H23N3/c1-2-7-15(8-3-1)13-11-6-9-14(10-11)12-4-5-12/h11-13H,1-10H2. The van der Waals surface area contributed by atoms with E-state index in [1.165, 1.54) is 64.7 Å². The molecule has 1 atom stereocenters. The van der Waals surface area contributed by atoms with E-state index < -0.39 is 0 Å². The van der Waals surface area contributed by atoms with Crippen LogP contribution in [0.2, 0.25) is 0 Å². The second kappa shape index (κ2) is 4.40. The van der Waals surface area contributed by atoms with Crippen molar-refractivity contribution in [2.75, 3.05) is 26.2 Å². The third-order valence-electron chi connectivity index (χ3n) is 4.00. The summed E-state index contributed by atoms with van der Waals surface area (Å²) in [5.41, 5.74) is 3.72. The van der Waals surface area contributed by atoms with Crippen molar-refractivity contribution in [3.8, 4) is 0 Å². The van der Waals surface area contributed by atoms with Crippen LogP contribution >= 0.6 is 0 Å². The summed E-state index contributed by atoms with van der Waals surface area (Å²) in [6.45, 7) is 5.15. The summed E-state index contributed by atoms with van der Waals surface area (Å²) < 4.78 is 0. The fourth-order valence-electron chi connectivity index (χ4n) is 2.95. The van der Waals surface area contributed by atoms with Gasteiger partial charge in [-0.05, 0) is 32.1 Å². The lowest BCUT2D eigenvalue weighted by Gasteiger charge is -2.30. The lowest BCUT2D eigenvalue weighted by Crippen LogP contribution is -2.48. The normalized spacial score (nSPS) is 34.8. The van der Waals surface area contributed by atoms with Gasteiger partial charge in [-0.25, -0.2) is 5.01 Å². The van der Waals surface area contributed by atoms with Crippen molar-refractivity contribution in [3.05, 3.63) is 0 Å². The zero-order valence-electron chi connectivity index (χ0n) is 9.62. The first-order chi connectivity index (χ1) is 7.42. The fourth-order valence-corrected chi connectivity index (χ4v) is 2.95. The van der Waals surface area contributed by atoms with Crippen LogP contribution in [0, 0.1) is 0 Å². The lowest BCUT2D eigenvalue weighted by molar-refractivity contribution is 0.128. The number of nitrogens with one attached hydrogen (secondary N) is 1. The first-order valence-electron chi connectivity index (χ1n) is 6.67. The number of piperidine rings is 1. The van der Waals surface area contributed by atoms with Gasteiger partial charge in [0.2, 0.25) is 0 Å². The van der Waals surface area contributed by atoms with Gasteiger partial charge in [-0.3, -0.25) is 10.3 Å². The number of nitrogens with zero attached hydrogens (tertiary/aromatic N) is 2. The molecule has 0 aromatic carbocycles. The van der Waals surface area contributed by atoms with E-state index in [2.05, 4.69) is 15.3 Å². The molecule has 2 saturated heterocycles. The highest BCUT2D eigenvalue weighted by atomic mass is 15.5. The van der Waals surface area contributed by atoms with Gasteiger partial charge in [-0.2, -0.15) is 0 Å². The quantitative estimate of drug-likeness (QED) is 0.754. The van der Waals surface area contributed by atoms with Crippen molar-refractivity contribution >= 4 is 0 Å². The molecule has 0 bridgehead atoms. The molecule has 3 rings (SSSR count). The highest BCUT2D eigenvalue weighted by Crippen LogP contribution is 2.29. The van der Waals surface area contributed by atoms with Gasteiger partial charge in [0.1, 0.15) is 0 Å². The highest BCUT2D eigenvalue weighted by Gasteiger charge is 2.34. The van der Waals surface area contributed by atoms with Crippen molar-refractivity contribution in [3.63, 3.8) is 0 Å². The molecule has 1 saturated carbocycles. The zero-order valence-corrected chi connectivity index (χ0v) is 9.62. The van der Waals surface area contributed by atoms with Crippen molar-refractivity contribution in [1.29, 1.82) is 0 Å². The summed E-state index contributed by atoms with van der Waals surface area (Å²) in [7, 11) is 0. The maximum atomic E-state index is 3.72. The molecule has 2 heterocycles. The second-order valence-corrected chi connectivity index (χ2v) is 5.39. The van der Waals surface area contributed by atoms with Gasteiger partial charge >= 0.3 is 0 Å². The largest absolute Gasteiger partial charge is 0.299 e. The molecule has 3 fully saturated rings. The molecule has 86 valence electrons. The summed E-state index contributed by atoms with van der Waals surface area (Å²) in [6, 6.07) is 1.70. The Morgan fingerprint density at radius 1 is 0.867 bits per heavy atom. The molecule has 0 amide bonds. The first kappa shape index (κ1) is 10.1. The first-order valence-corrected chi connectivity index (χ1v) is 6.67. The molecule has 2 aliphatic heterocycles. The van der Waals surface area contributed by atoms with Crippen LogP contribution < -0.4 is 5.43 Å². The Kier molecular flexibility index (Phi) is 2.95. The molecule has 0 radical (unpaired) electrons. The maximum absolute atomic E-state index is 3.72. The third-order valence-corrected chi connectivity index (χ3v) is 4.00. The molecule has 0 aromatic rings. The van der Waals surface area contributed by atoms with Crippen LogP contribution in [-0.2, 0) is 0 Å². The minimum atomic E-state index is 0.740. The third kappa shape index (κ3) is 2.52. The second-order valence-electron chi connectivity index (χ2n) is 5.39. The Morgan fingerprint density at radius 3 is 2.40 bits per heavy atom. The minimum absolute atomic E-state index is 0.740. The maximum Gasteiger partial charge on any atom is 0.0354 e. The van der Waals surface area contributed by atoms with Gasteiger partial charge in [-0.1, -0.05) is 6.42 Å². The summed E-state index contributed by atoms with van der Waals surface area (Å²) in [5.74, 6) is 0. The molecule has 15 heavy (non-hydrogen) atoms. The monoisotopic (exact) mass is 209 g/mol. The van der Waals surface area contributed by atoms with E-state index in [0.29, 0.717) is 0 Å². The van der Waals surface area contributed by atoms with Crippen molar-refractivity contribution in [1.82, 2.24) is 15.3 Å². The topological polar surface area (TPSA) is 18.5 Å². The fraction of sp³-hybridized carbons (Fsp3) is 1.00. The molecule has 3 aliphatic rings. The lowest BCUT2D eigenvalue weighted by atomic mass is 10.2. The van der Waals surface area contributed by atoms with E-state index in [-0.39, 0.29) is 0 Å². The molecule has 0 aromatic heterocycles. The van der Waals surface area contributed by atoms with Crippen molar-refractivity contribution in [2.24, 2.45) is 0 Å². The number of hydrogen-bond donors (Lipinski definition) is 1. The van der Waals surface area contributed by atoms with Gasteiger partial charge in [0.15, 0.2) is 0 Å². The molecule has 1 aliphatic carbocycles. The highest BCUT2D eigenvalue weighted by molar-refractivity contribution is 4.91. The molecular weight excluding hydrogens is 186 g/mol. The summed E-state index contributed by atoms with van der Waals surface area (Å²) in [6.07, 6.45) is 8.45. The number of likely N-dealkylation sites (tertiary alicyclic amines) is 1. The Balaban J connectivity index is 1.43. The van der Waals surface area contributed by atoms with Gasteiger partial charge in [-0.15, -0.1) is 0 Å². The smallest absolute Gasteiger partial charge is 0.0354 e. The van der Waals surface area contributed by atoms with Gasteiger partial charge < -0.3 is 0 Å². The van der Waals surface area contributed by atoms with Crippen LogP contribution in [0.15, 0.2) is 0 Å². The molecule has 3 nitrogen and oxygen atoms in total. The average Bonchev–Trinajstić information content (AvgIpc) is 3.02. The number of hydrogen-bond acceptors (Lipinski definition) is 3. The van der Waals surface area contributed by atoms with Crippen LogP contribution in [0.1, 0.15) is 38.5 Å². The van der Waals surface area contributed by atoms with E-state index in [0.717, 1.165) is 12.1 Å². The number of hydrazine groups is 1. The summed E-state index contributed by atoms with van der Waals surface area (Å²) >= 11 is 0. The van der Waals surface area contributed by atoms with E-state index in [1.54, 1.807) is 0 Å². The van der Waals surface area contributed by atoms with Crippen molar-refractivity contribution in [2.45, 2.75) is 50.6 Å². The molecule has 3 heteroatoms. The molecule has 1 N–H and O–H groups in total. The molecular formula is C12H23N3. The van der Waals surface area contributed by atoms with E-state index >= 15 is 0 Å². The Labute approximate surface area is 92.8 Å². The Morgan fingerprint density at radius 2 is 1.67 bits per heavy atom. The predicted octanol–water partition coefficient (Wildman–Crippen LogP) is 1.21. The van der Waals surface area contributed by atoms with Crippen LogP contribution in [0.5, 0.6) is 0 Å². The minimum Gasteiger partial charge on any atom is -0.299 e. The van der Waals surface area contributed by atoms with Crippen LogP contribution in [0.25, 0.3) is 0 Å². The Bertz CT molecular complexity index is 209. The van der Waals surface area contributed by atoms with Crippen LogP contribution in [-0.4, -0.2) is 48.2 Å². The number of rotatable bonds is 3. The predicted molar refractivity (Wildman–Crippen MR) is 61.6 cm³/mol. The SMILES string of the molecule is C1CCN(NC2CCN(C3CC3)C2)CC1. The summed E-state index contributed by atoms with van der Waals surface area (Å²) in [5, 5.41) is 2.46. The van der Waals surface area contributed by atoms with E-state index in [4.69, 9.17) is 0 Å². The van der Waals surface area contributed by atoms with Gasteiger partial charge in [0, 0.05) is 38.3 Å². The molecule has 0 spiro atoms. The average molecular weight is 209 g/mol. The van der Waals surface area contributed by atoms with Gasteiger partial charge in [0.25, 0.3) is 0 Å². The van der Waals surface area contributed by atoms with Crippen molar-refractivity contribution < 1.29 is 0 Å². The molecule has 1 unspecified atom stereocenters. The van der Waals surface area contributed by atoms with Crippen LogP contribution in [0.3, 0.4) is 0 Å². The Hall–Kier alpha value is -0.120.